The summed E-state index contributed by atoms with van der Waals surface area (Å²) in [5.41, 5.74) is 2.22. The number of oxazole rings is 1. The molecule has 3 aromatic heterocycles. The minimum absolute atomic E-state index is 0.0780. The van der Waals surface area contributed by atoms with E-state index in [9.17, 15) is 24.3 Å². The first kappa shape index (κ1) is 30.6. The zero-order valence-corrected chi connectivity index (χ0v) is 24.4. The molecule has 226 valence electrons. The quantitative estimate of drug-likeness (QED) is 0.293. The van der Waals surface area contributed by atoms with Gasteiger partial charge in [-0.1, -0.05) is 13.8 Å². The van der Waals surface area contributed by atoms with E-state index < -0.39 is 47.9 Å². The van der Waals surface area contributed by atoms with Gasteiger partial charge in [0.1, 0.15) is 24.4 Å². The molecule has 0 saturated carbocycles. The Balaban J connectivity index is 1.58. The molecule has 42 heavy (non-hydrogen) atoms. The summed E-state index contributed by atoms with van der Waals surface area (Å²) in [6.45, 7) is 9.28. The molecular weight excluding hydrogens is 544 g/mol. The van der Waals surface area contributed by atoms with E-state index in [1.54, 1.807) is 4.52 Å². The van der Waals surface area contributed by atoms with Gasteiger partial charge in [0.25, 0.3) is 11.8 Å². The predicted molar refractivity (Wildman–Crippen MR) is 150 cm³/mol. The fourth-order valence-corrected chi connectivity index (χ4v) is 4.83. The summed E-state index contributed by atoms with van der Waals surface area (Å²) in [7, 11) is 0. The van der Waals surface area contributed by atoms with Gasteiger partial charge in [0.2, 0.25) is 17.7 Å². The predicted octanol–water partition coefficient (Wildman–Crippen LogP) is 1.12. The maximum absolute atomic E-state index is 13.5. The second kappa shape index (κ2) is 13.1. The van der Waals surface area contributed by atoms with Crippen LogP contribution in [0.2, 0.25) is 0 Å². The topological polar surface area (TPSA) is 193 Å². The van der Waals surface area contributed by atoms with Gasteiger partial charge in [0.15, 0.2) is 17.0 Å². The van der Waals surface area contributed by atoms with Gasteiger partial charge in [-0.3, -0.25) is 19.2 Å². The third kappa shape index (κ3) is 7.29. The van der Waals surface area contributed by atoms with Crippen molar-refractivity contribution in [2.75, 3.05) is 6.54 Å². The summed E-state index contributed by atoms with van der Waals surface area (Å²) >= 11 is 0. The van der Waals surface area contributed by atoms with Gasteiger partial charge in [-0.05, 0) is 58.4 Å². The van der Waals surface area contributed by atoms with Gasteiger partial charge in [-0.25, -0.2) is 14.5 Å². The van der Waals surface area contributed by atoms with Crippen molar-refractivity contribution >= 4 is 29.3 Å². The molecule has 4 heterocycles. The maximum atomic E-state index is 13.5. The molecule has 3 aromatic rings. The van der Waals surface area contributed by atoms with Crippen LogP contribution in [0.1, 0.15) is 90.8 Å². The zero-order valence-electron chi connectivity index (χ0n) is 24.4. The Labute approximate surface area is 243 Å². The molecule has 0 unspecified atom stereocenters. The van der Waals surface area contributed by atoms with Crippen molar-refractivity contribution in [3.8, 4) is 0 Å². The molecule has 0 saturated heterocycles. The molecule has 14 heteroatoms. The lowest BCUT2D eigenvalue weighted by Gasteiger charge is -2.26. The Kier molecular flexibility index (Phi) is 9.55. The molecule has 0 fully saturated rings. The molecule has 4 amide bonds. The Morgan fingerprint density at radius 2 is 1.88 bits per heavy atom. The third-order valence-electron chi connectivity index (χ3n) is 6.93. The highest BCUT2D eigenvalue weighted by Gasteiger charge is 2.33. The molecule has 0 aliphatic carbocycles. The van der Waals surface area contributed by atoms with Gasteiger partial charge in [0, 0.05) is 24.0 Å². The number of fused-ring (bicyclic) bond motifs is 3. The Morgan fingerprint density at radius 3 is 2.60 bits per heavy atom. The molecule has 2 bridgehead atoms. The van der Waals surface area contributed by atoms with Crippen molar-refractivity contribution in [2.24, 2.45) is 5.92 Å². The normalized spacial score (nSPS) is 21.5. The largest absolute Gasteiger partial charge is 0.446 e. The number of hydrogen-bond donors (Lipinski definition) is 5. The second-order valence-electron chi connectivity index (χ2n) is 11.1. The third-order valence-corrected chi connectivity index (χ3v) is 6.93. The van der Waals surface area contributed by atoms with Crippen LogP contribution >= 0.6 is 0 Å². The van der Waals surface area contributed by atoms with Gasteiger partial charge < -0.3 is 30.8 Å². The SMILES string of the molecule is Cc1cc(C)n2nc(C(=O)N[C@H]3CCCCNC(=O)c4coc(n4)[C@H](CC(C)C)NC(=O)[C@H]([C@@H](C)O)NC3=O)cc2n1. The van der Waals surface area contributed by atoms with E-state index in [2.05, 4.69) is 36.3 Å². The van der Waals surface area contributed by atoms with Gasteiger partial charge in [-0.15, -0.1) is 0 Å². The van der Waals surface area contributed by atoms with Crippen LogP contribution < -0.4 is 21.3 Å². The molecule has 1 aliphatic heterocycles. The molecule has 1 aliphatic rings. The monoisotopic (exact) mass is 582 g/mol. The summed E-state index contributed by atoms with van der Waals surface area (Å²) in [4.78, 5) is 61.3. The van der Waals surface area contributed by atoms with Crippen LogP contribution in [-0.4, -0.2) is 73.0 Å². The fourth-order valence-electron chi connectivity index (χ4n) is 4.83. The standard InChI is InChI=1S/C28H38N8O6/c1-14(2)10-20-28-33-21(13-42-28)24(38)29-9-7-6-8-18(25(39)34-23(17(5)37)27(41)32-20)31-26(40)19-12-22-30-15(3)11-16(4)36(22)35-19/h11-14,17-18,20,23,37H,6-10H2,1-5H3,(H,29,38)(H,31,40)(H,32,41)(H,34,39)/t17-,18+,20+,23+/m1/s1. The van der Waals surface area contributed by atoms with Crippen LogP contribution in [0.4, 0.5) is 0 Å². The summed E-state index contributed by atoms with van der Waals surface area (Å²) < 4.78 is 7.08. The smallest absolute Gasteiger partial charge is 0.273 e. The number of aryl methyl sites for hydroxylation is 2. The number of aromatic nitrogens is 4. The summed E-state index contributed by atoms with van der Waals surface area (Å²) in [5, 5.41) is 25.7. The molecular formula is C28H38N8O6. The second-order valence-corrected chi connectivity index (χ2v) is 11.1. The first-order valence-corrected chi connectivity index (χ1v) is 14.1. The van der Waals surface area contributed by atoms with Crippen molar-refractivity contribution in [3.05, 3.63) is 47.1 Å². The number of hydrogen-bond acceptors (Lipinski definition) is 9. The van der Waals surface area contributed by atoms with E-state index in [-0.39, 0.29) is 29.6 Å². The van der Waals surface area contributed by atoms with E-state index in [0.717, 1.165) is 11.4 Å². The van der Waals surface area contributed by atoms with Gasteiger partial charge >= 0.3 is 0 Å². The average Bonchev–Trinajstić information content (AvgIpc) is 3.57. The lowest BCUT2D eigenvalue weighted by atomic mass is 10.0. The Hall–Kier alpha value is -4.33. The summed E-state index contributed by atoms with van der Waals surface area (Å²) in [6.07, 6.45) is 1.57. The maximum Gasteiger partial charge on any atom is 0.273 e. The highest BCUT2D eigenvalue weighted by Crippen LogP contribution is 2.22. The van der Waals surface area contributed by atoms with Crippen LogP contribution in [0.25, 0.3) is 5.65 Å². The van der Waals surface area contributed by atoms with E-state index >= 15 is 0 Å². The lowest BCUT2D eigenvalue weighted by molar-refractivity contribution is -0.133. The minimum Gasteiger partial charge on any atom is -0.446 e. The average molecular weight is 583 g/mol. The Morgan fingerprint density at radius 1 is 1.12 bits per heavy atom. The van der Waals surface area contributed by atoms with E-state index in [1.807, 2.05) is 33.8 Å². The molecule has 5 N–H and O–H groups in total. The number of nitrogens with zero attached hydrogens (tertiary/aromatic N) is 4. The number of rotatable bonds is 5. The first-order valence-electron chi connectivity index (χ1n) is 14.1. The number of amides is 4. The number of aliphatic hydroxyl groups excluding tert-OH is 1. The minimum atomic E-state index is -1.33. The summed E-state index contributed by atoms with van der Waals surface area (Å²) in [5.74, 6) is -2.07. The number of nitrogens with one attached hydrogen (secondary N) is 4. The van der Waals surface area contributed by atoms with Crippen LogP contribution in [0, 0.1) is 19.8 Å². The van der Waals surface area contributed by atoms with E-state index in [0.29, 0.717) is 31.5 Å². The molecule has 0 aromatic carbocycles. The number of carbonyl (C=O) groups is 4. The Bertz CT molecular complexity index is 1460. The lowest BCUT2D eigenvalue weighted by Crippen LogP contribution is -2.57. The van der Waals surface area contributed by atoms with Gasteiger partial charge in [0.05, 0.1) is 6.10 Å². The number of aliphatic hydroxyl groups is 1. The van der Waals surface area contributed by atoms with Crippen molar-refractivity contribution in [1.82, 2.24) is 40.8 Å². The first-order chi connectivity index (χ1) is 19.9. The molecule has 4 rings (SSSR count). The van der Waals surface area contributed by atoms with E-state index in [1.165, 1.54) is 19.3 Å². The molecule has 4 atom stereocenters. The van der Waals surface area contributed by atoms with Crippen LogP contribution in [0.15, 0.2) is 22.8 Å². The van der Waals surface area contributed by atoms with Crippen LogP contribution in [0.5, 0.6) is 0 Å². The summed E-state index contributed by atoms with van der Waals surface area (Å²) in [6, 6.07) is 0.281. The molecule has 14 nitrogen and oxygen atoms in total. The number of carbonyl (C=O) groups excluding carboxylic acids is 4. The van der Waals surface area contributed by atoms with Crippen molar-refractivity contribution in [2.45, 2.75) is 84.5 Å². The van der Waals surface area contributed by atoms with E-state index in [4.69, 9.17) is 4.42 Å². The fraction of sp³-hybridized carbons (Fsp3) is 0.536. The highest BCUT2D eigenvalue weighted by atomic mass is 16.3. The van der Waals surface area contributed by atoms with Crippen molar-refractivity contribution < 1.29 is 28.7 Å². The molecule has 0 spiro atoms. The van der Waals surface area contributed by atoms with Crippen LogP contribution in [0.3, 0.4) is 0 Å². The van der Waals surface area contributed by atoms with Crippen molar-refractivity contribution in [1.29, 1.82) is 0 Å². The van der Waals surface area contributed by atoms with Gasteiger partial charge in [-0.2, -0.15) is 5.10 Å². The van der Waals surface area contributed by atoms with Crippen molar-refractivity contribution in [3.63, 3.8) is 0 Å². The van der Waals surface area contributed by atoms with Crippen LogP contribution in [-0.2, 0) is 9.59 Å². The highest BCUT2D eigenvalue weighted by molar-refractivity contribution is 5.98. The zero-order chi connectivity index (χ0) is 30.6. The molecule has 0 radical (unpaired) electrons.